The third-order valence-electron chi connectivity index (χ3n) is 4.43. The van der Waals surface area contributed by atoms with Crippen LogP contribution in [-0.2, 0) is 22.0 Å². The molecule has 29 heavy (non-hydrogen) atoms. The van der Waals surface area contributed by atoms with Crippen LogP contribution in [0, 0.1) is 0 Å². The number of oxazole rings is 1. The third-order valence-corrected chi connectivity index (χ3v) is 6.06. The molecule has 0 aliphatic rings. The molecular weight excluding hydrogens is 410 g/mol. The van der Waals surface area contributed by atoms with E-state index < -0.39 is 16.8 Å². The van der Waals surface area contributed by atoms with Gasteiger partial charge in [-0.3, -0.25) is 4.79 Å². The van der Waals surface area contributed by atoms with Crippen molar-refractivity contribution in [3.8, 4) is 11.5 Å². The lowest BCUT2D eigenvalue weighted by Gasteiger charge is -2.02. The Balaban J connectivity index is 1.59. The second-order valence-corrected chi connectivity index (χ2v) is 8.38. The zero-order valence-electron chi connectivity index (χ0n) is 15.2. The number of benzene rings is 3. The Morgan fingerprint density at radius 2 is 1.69 bits per heavy atom. The fourth-order valence-corrected chi connectivity index (χ4v) is 4.09. The second kappa shape index (κ2) is 8.19. The van der Waals surface area contributed by atoms with Gasteiger partial charge in [0.1, 0.15) is 5.52 Å². The molecule has 0 bridgehead atoms. The van der Waals surface area contributed by atoms with Gasteiger partial charge in [-0.1, -0.05) is 23.7 Å². The fraction of sp³-hybridized carbons (Fsp3) is 0.0909. The molecule has 1 heterocycles. The molecule has 0 aliphatic carbocycles. The number of hydrogen-bond acceptors (Lipinski definition) is 4. The molecule has 0 amide bonds. The SMILES string of the molecule is O=C(O)CCc1ccc(-c2nc3ccc(S(=O)c4ccc(Cl)cc4)cc3o2)cc1. The molecule has 146 valence electrons. The number of hydrogen-bond donors (Lipinski definition) is 1. The molecule has 0 fully saturated rings. The average Bonchev–Trinajstić information content (AvgIpc) is 3.16. The molecule has 0 aliphatic heterocycles. The number of fused-ring (bicyclic) bond motifs is 1. The number of aryl methyl sites for hydroxylation is 1. The highest BCUT2D eigenvalue weighted by Crippen LogP contribution is 2.27. The van der Waals surface area contributed by atoms with Crippen LogP contribution in [0.25, 0.3) is 22.6 Å². The zero-order valence-corrected chi connectivity index (χ0v) is 16.7. The molecule has 0 saturated carbocycles. The van der Waals surface area contributed by atoms with Crippen LogP contribution in [0.3, 0.4) is 0 Å². The molecule has 1 atom stereocenters. The molecule has 0 saturated heterocycles. The highest BCUT2D eigenvalue weighted by molar-refractivity contribution is 7.85. The van der Waals surface area contributed by atoms with E-state index in [1.165, 1.54) is 0 Å². The maximum Gasteiger partial charge on any atom is 0.303 e. The number of halogens is 1. The number of nitrogens with zero attached hydrogens (tertiary/aromatic N) is 1. The van der Waals surface area contributed by atoms with Crippen molar-refractivity contribution in [2.24, 2.45) is 0 Å². The normalized spacial score (nSPS) is 12.2. The van der Waals surface area contributed by atoms with Crippen molar-refractivity contribution >= 4 is 39.5 Å². The lowest BCUT2D eigenvalue weighted by atomic mass is 10.1. The first-order valence-corrected chi connectivity index (χ1v) is 10.4. The Labute approximate surface area is 174 Å². The van der Waals surface area contributed by atoms with Crippen molar-refractivity contribution < 1.29 is 18.5 Å². The number of rotatable bonds is 6. The van der Waals surface area contributed by atoms with E-state index in [0.717, 1.165) is 11.1 Å². The van der Waals surface area contributed by atoms with Crippen molar-refractivity contribution in [1.82, 2.24) is 4.98 Å². The van der Waals surface area contributed by atoms with Crippen molar-refractivity contribution in [2.45, 2.75) is 22.6 Å². The first-order valence-electron chi connectivity index (χ1n) is 8.88. The topological polar surface area (TPSA) is 80.4 Å². The molecule has 3 aromatic carbocycles. The first kappa shape index (κ1) is 19.4. The Morgan fingerprint density at radius 3 is 2.38 bits per heavy atom. The van der Waals surface area contributed by atoms with Crippen LogP contribution in [0.4, 0.5) is 0 Å². The largest absolute Gasteiger partial charge is 0.481 e. The number of carbonyl (C=O) groups is 1. The summed E-state index contributed by atoms with van der Waals surface area (Å²) in [6.45, 7) is 0. The molecule has 4 aromatic rings. The van der Waals surface area contributed by atoms with E-state index in [0.29, 0.717) is 38.2 Å². The lowest BCUT2D eigenvalue weighted by Crippen LogP contribution is -1.97. The smallest absolute Gasteiger partial charge is 0.303 e. The van der Waals surface area contributed by atoms with Gasteiger partial charge in [0.15, 0.2) is 5.58 Å². The molecule has 1 N–H and O–H groups in total. The Bertz CT molecular complexity index is 1200. The Hall–Kier alpha value is -2.96. The summed E-state index contributed by atoms with van der Waals surface area (Å²) in [6, 6.07) is 19.6. The summed E-state index contributed by atoms with van der Waals surface area (Å²) in [4.78, 5) is 16.5. The van der Waals surface area contributed by atoms with Gasteiger partial charge >= 0.3 is 5.97 Å². The van der Waals surface area contributed by atoms with E-state index in [4.69, 9.17) is 21.1 Å². The van der Waals surface area contributed by atoms with Crippen LogP contribution in [0.2, 0.25) is 5.02 Å². The van der Waals surface area contributed by atoms with Crippen LogP contribution >= 0.6 is 11.6 Å². The molecule has 1 aromatic heterocycles. The van der Waals surface area contributed by atoms with Crippen molar-refractivity contribution in [3.63, 3.8) is 0 Å². The predicted octanol–water partition coefficient (Wildman–Crippen LogP) is 5.33. The minimum atomic E-state index is -1.35. The van der Waals surface area contributed by atoms with E-state index in [9.17, 15) is 9.00 Å². The number of carboxylic acid groups (broad SMARTS) is 1. The number of carboxylic acids is 1. The standard InChI is InChI=1S/C22H16ClNO4S/c23-16-6-8-17(9-7-16)29(27)18-10-11-19-20(13-18)28-22(24-19)15-4-1-14(2-5-15)3-12-21(25)26/h1-2,4-11,13H,3,12H2,(H,25,26). The number of aromatic nitrogens is 1. The van der Waals surface area contributed by atoms with Gasteiger partial charge in [0, 0.05) is 26.8 Å². The molecule has 0 spiro atoms. The summed E-state index contributed by atoms with van der Waals surface area (Å²) in [6.07, 6.45) is 0.568. The average molecular weight is 426 g/mol. The monoisotopic (exact) mass is 425 g/mol. The maximum atomic E-state index is 12.8. The van der Waals surface area contributed by atoms with E-state index in [1.54, 1.807) is 42.5 Å². The van der Waals surface area contributed by atoms with Gasteiger partial charge in [-0.25, -0.2) is 9.19 Å². The Morgan fingerprint density at radius 1 is 1.00 bits per heavy atom. The third kappa shape index (κ3) is 4.39. The number of aliphatic carboxylic acids is 1. The second-order valence-electron chi connectivity index (χ2n) is 6.46. The van der Waals surface area contributed by atoms with Crippen molar-refractivity contribution in [2.75, 3.05) is 0 Å². The molecule has 5 nitrogen and oxygen atoms in total. The summed E-state index contributed by atoms with van der Waals surface area (Å²) in [5.74, 6) is -0.362. The maximum absolute atomic E-state index is 12.8. The summed E-state index contributed by atoms with van der Waals surface area (Å²) in [5.41, 5.74) is 2.95. The molecule has 7 heteroatoms. The van der Waals surface area contributed by atoms with Gasteiger partial charge in [-0.05, 0) is 66.6 Å². The van der Waals surface area contributed by atoms with Gasteiger partial charge in [0.05, 0.1) is 10.8 Å². The van der Waals surface area contributed by atoms with Crippen molar-refractivity contribution in [3.05, 3.63) is 77.3 Å². The van der Waals surface area contributed by atoms with Crippen LogP contribution in [0.1, 0.15) is 12.0 Å². The van der Waals surface area contributed by atoms with Crippen molar-refractivity contribution in [1.29, 1.82) is 0 Å². The molecule has 4 rings (SSSR count). The van der Waals surface area contributed by atoms with Gasteiger partial charge in [-0.2, -0.15) is 0 Å². The zero-order chi connectivity index (χ0) is 20.4. The Kier molecular flexibility index (Phi) is 5.47. The first-order chi connectivity index (χ1) is 14.0. The lowest BCUT2D eigenvalue weighted by molar-refractivity contribution is -0.136. The fourth-order valence-electron chi connectivity index (χ4n) is 2.90. The predicted molar refractivity (Wildman–Crippen MR) is 112 cm³/mol. The van der Waals surface area contributed by atoms with E-state index in [1.807, 2.05) is 24.3 Å². The van der Waals surface area contributed by atoms with Gasteiger partial charge in [0.25, 0.3) is 0 Å². The highest BCUT2D eigenvalue weighted by Gasteiger charge is 2.13. The molecular formula is C22H16ClNO4S. The molecule has 1 unspecified atom stereocenters. The van der Waals surface area contributed by atoms with Crippen LogP contribution in [0.15, 0.2) is 80.9 Å². The summed E-state index contributed by atoms with van der Waals surface area (Å²) >= 11 is 5.89. The van der Waals surface area contributed by atoms with Gasteiger partial charge < -0.3 is 9.52 Å². The van der Waals surface area contributed by atoms with E-state index in [2.05, 4.69) is 4.98 Å². The molecule has 0 radical (unpaired) electrons. The van der Waals surface area contributed by atoms with E-state index >= 15 is 0 Å². The summed E-state index contributed by atoms with van der Waals surface area (Å²) in [7, 11) is -1.35. The van der Waals surface area contributed by atoms with Gasteiger partial charge in [0.2, 0.25) is 5.89 Å². The van der Waals surface area contributed by atoms with Crippen LogP contribution < -0.4 is 0 Å². The quantitative estimate of drug-likeness (QED) is 0.451. The summed E-state index contributed by atoms with van der Waals surface area (Å²) < 4.78 is 18.7. The van der Waals surface area contributed by atoms with Crippen LogP contribution in [-0.4, -0.2) is 20.3 Å². The van der Waals surface area contributed by atoms with E-state index in [-0.39, 0.29) is 6.42 Å². The van der Waals surface area contributed by atoms with Gasteiger partial charge in [-0.15, -0.1) is 0 Å². The minimum Gasteiger partial charge on any atom is -0.481 e. The minimum absolute atomic E-state index is 0.0930. The summed E-state index contributed by atoms with van der Waals surface area (Å²) in [5, 5.41) is 9.37. The highest BCUT2D eigenvalue weighted by atomic mass is 35.5. The van der Waals surface area contributed by atoms with Crippen LogP contribution in [0.5, 0.6) is 0 Å².